The molecule has 0 aliphatic heterocycles. The first-order valence-corrected chi connectivity index (χ1v) is 7.51. The Bertz CT molecular complexity index is 577. The van der Waals surface area contributed by atoms with Crippen LogP contribution in [0.15, 0.2) is 30.5 Å². The van der Waals surface area contributed by atoms with Crippen molar-refractivity contribution in [2.24, 2.45) is 7.05 Å². The summed E-state index contributed by atoms with van der Waals surface area (Å²) in [5.74, 6) is 0.947. The van der Waals surface area contributed by atoms with E-state index in [1.54, 1.807) is 7.11 Å². The summed E-state index contributed by atoms with van der Waals surface area (Å²) in [6.07, 6.45) is 3.98. The molecule has 0 bridgehead atoms. The maximum Gasteiger partial charge on any atom is 0.122 e. The van der Waals surface area contributed by atoms with E-state index in [-0.39, 0.29) is 6.04 Å². The zero-order valence-electron chi connectivity index (χ0n) is 13.4. The summed E-state index contributed by atoms with van der Waals surface area (Å²) < 4.78 is 7.40. The van der Waals surface area contributed by atoms with Gasteiger partial charge in [-0.3, -0.25) is 4.68 Å². The van der Waals surface area contributed by atoms with Crippen LogP contribution in [0, 0.1) is 6.92 Å². The molecule has 0 spiro atoms. The average Bonchev–Trinajstić information content (AvgIpc) is 2.84. The Kier molecular flexibility index (Phi) is 5.39. The van der Waals surface area contributed by atoms with Gasteiger partial charge in [-0.25, -0.2) is 0 Å². The molecule has 2 aromatic rings. The fourth-order valence-electron chi connectivity index (χ4n) is 2.56. The molecule has 1 atom stereocenters. The number of ether oxygens (including phenoxy) is 1. The summed E-state index contributed by atoms with van der Waals surface area (Å²) >= 11 is 0. The van der Waals surface area contributed by atoms with Crippen molar-refractivity contribution >= 4 is 0 Å². The van der Waals surface area contributed by atoms with E-state index in [2.05, 4.69) is 36.4 Å². The molecule has 0 saturated heterocycles. The van der Waals surface area contributed by atoms with Gasteiger partial charge in [-0.2, -0.15) is 5.10 Å². The predicted molar refractivity (Wildman–Crippen MR) is 85.7 cm³/mol. The van der Waals surface area contributed by atoms with Gasteiger partial charge in [-0.05, 0) is 37.9 Å². The summed E-state index contributed by atoms with van der Waals surface area (Å²) in [7, 11) is 3.71. The van der Waals surface area contributed by atoms with E-state index in [0.29, 0.717) is 0 Å². The van der Waals surface area contributed by atoms with Gasteiger partial charge in [0.1, 0.15) is 5.75 Å². The summed E-state index contributed by atoms with van der Waals surface area (Å²) in [5.41, 5.74) is 3.69. The van der Waals surface area contributed by atoms with Crippen LogP contribution in [0.25, 0.3) is 0 Å². The number of para-hydroxylation sites is 1. The highest BCUT2D eigenvalue weighted by Gasteiger charge is 2.18. The molecule has 2 rings (SSSR count). The van der Waals surface area contributed by atoms with Crippen LogP contribution in [0.1, 0.15) is 36.2 Å². The smallest absolute Gasteiger partial charge is 0.122 e. The van der Waals surface area contributed by atoms with Crippen LogP contribution in [0.4, 0.5) is 0 Å². The number of nitrogens with zero attached hydrogens (tertiary/aromatic N) is 2. The largest absolute Gasteiger partial charge is 0.496 e. The van der Waals surface area contributed by atoms with Crippen LogP contribution in [-0.2, 0) is 13.5 Å². The molecule has 0 saturated carbocycles. The molecule has 21 heavy (non-hydrogen) atoms. The summed E-state index contributed by atoms with van der Waals surface area (Å²) in [5, 5.41) is 8.01. The van der Waals surface area contributed by atoms with E-state index in [1.807, 2.05) is 30.1 Å². The first-order valence-electron chi connectivity index (χ1n) is 7.51. The summed E-state index contributed by atoms with van der Waals surface area (Å²) in [6, 6.07) is 8.47. The Morgan fingerprint density at radius 2 is 2.10 bits per heavy atom. The number of aryl methyl sites for hydroxylation is 1. The molecule has 114 valence electrons. The lowest BCUT2D eigenvalue weighted by Gasteiger charge is -2.20. The summed E-state index contributed by atoms with van der Waals surface area (Å²) in [6.45, 7) is 5.29. The maximum absolute atomic E-state index is 5.47. The summed E-state index contributed by atoms with van der Waals surface area (Å²) in [4.78, 5) is 0. The zero-order valence-corrected chi connectivity index (χ0v) is 13.4. The van der Waals surface area contributed by atoms with Gasteiger partial charge >= 0.3 is 0 Å². The second-order valence-corrected chi connectivity index (χ2v) is 5.33. The van der Waals surface area contributed by atoms with Crippen molar-refractivity contribution in [3.63, 3.8) is 0 Å². The second-order valence-electron chi connectivity index (χ2n) is 5.33. The van der Waals surface area contributed by atoms with Gasteiger partial charge in [0.15, 0.2) is 0 Å². The number of nitrogens with one attached hydrogen (secondary N) is 1. The predicted octanol–water partition coefficient (Wildman–Crippen LogP) is 3.02. The Labute approximate surface area is 127 Å². The highest BCUT2D eigenvalue weighted by Crippen LogP contribution is 2.26. The van der Waals surface area contributed by atoms with Gasteiger partial charge in [0, 0.05) is 24.3 Å². The van der Waals surface area contributed by atoms with Crippen molar-refractivity contribution in [3.8, 4) is 5.75 Å². The fraction of sp³-hybridized carbons (Fsp3) is 0.471. The lowest BCUT2D eigenvalue weighted by atomic mass is 9.98. The Balaban J connectivity index is 2.26. The second kappa shape index (κ2) is 7.27. The van der Waals surface area contributed by atoms with E-state index < -0.39 is 0 Å². The molecule has 0 aliphatic carbocycles. The number of rotatable bonds is 7. The van der Waals surface area contributed by atoms with Gasteiger partial charge < -0.3 is 10.1 Å². The first-order chi connectivity index (χ1) is 10.2. The normalized spacial score (nSPS) is 12.4. The molecule has 1 N–H and O–H groups in total. The van der Waals surface area contributed by atoms with E-state index in [0.717, 1.165) is 25.1 Å². The molecule has 0 radical (unpaired) electrons. The molecule has 0 fully saturated rings. The minimum absolute atomic E-state index is 0.259. The van der Waals surface area contributed by atoms with Crippen LogP contribution in [0.2, 0.25) is 0 Å². The zero-order chi connectivity index (χ0) is 15.2. The molecule has 1 unspecified atom stereocenters. The Morgan fingerprint density at radius 3 is 2.71 bits per heavy atom. The quantitative estimate of drug-likeness (QED) is 0.851. The van der Waals surface area contributed by atoms with Gasteiger partial charge in [0.05, 0.1) is 13.3 Å². The number of benzene rings is 1. The molecule has 0 aliphatic rings. The van der Waals surface area contributed by atoms with Gasteiger partial charge in [-0.15, -0.1) is 0 Å². The van der Waals surface area contributed by atoms with Gasteiger partial charge in [-0.1, -0.05) is 25.1 Å². The molecule has 4 heteroatoms. The number of methoxy groups -OCH3 is 1. The molecular weight excluding hydrogens is 262 g/mol. The average molecular weight is 287 g/mol. The lowest BCUT2D eigenvalue weighted by molar-refractivity contribution is 0.405. The SMILES string of the molecule is CCCNC(Cc1ccccc1OC)c1cnn(C)c1C. The highest BCUT2D eigenvalue weighted by molar-refractivity contribution is 5.35. The van der Waals surface area contributed by atoms with Crippen molar-refractivity contribution in [2.75, 3.05) is 13.7 Å². The standard InChI is InChI=1S/C17H25N3O/c1-5-10-18-16(15-12-19-20(3)13(15)2)11-14-8-6-7-9-17(14)21-4/h6-9,12,16,18H,5,10-11H2,1-4H3. The van der Waals surface area contributed by atoms with E-state index in [9.17, 15) is 0 Å². The number of hydrogen-bond acceptors (Lipinski definition) is 3. The molecule has 1 aromatic heterocycles. The third kappa shape index (κ3) is 3.64. The van der Waals surface area contributed by atoms with Crippen molar-refractivity contribution < 1.29 is 4.74 Å². The lowest BCUT2D eigenvalue weighted by Crippen LogP contribution is -2.24. The third-order valence-corrected chi connectivity index (χ3v) is 3.91. The highest BCUT2D eigenvalue weighted by atomic mass is 16.5. The first kappa shape index (κ1) is 15.6. The minimum atomic E-state index is 0.259. The van der Waals surface area contributed by atoms with Crippen molar-refractivity contribution in [3.05, 3.63) is 47.3 Å². The van der Waals surface area contributed by atoms with Crippen molar-refractivity contribution in [2.45, 2.75) is 32.7 Å². The van der Waals surface area contributed by atoms with E-state index in [1.165, 1.54) is 16.8 Å². The Hall–Kier alpha value is -1.81. The van der Waals surface area contributed by atoms with Crippen LogP contribution >= 0.6 is 0 Å². The monoisotopic (exact) mass is 287 g/mol. The molecule has 4 nitrogen and oxygen atoms in total. The van der Waals surface area contributed by atoms with Crippen LogP contribution < -0.4 is 10.1 Å². The van der Waals surface area contributed by atoms with E-state index >= 15 is 0 Å². The molecule has 1 heterocycles. The minimum Gasteiger partial charge on any atom is -0.496 e. The number of aromatic nitrogens is 2. The van der Waals surface area contributed by atoms with E-state index in [4.69, 9.17) is 4.74 Å². The molecule has 1 aromatic carbocycles. The molecule has 0 amide bonds. The third-order valence-electron chi connectivity index (χ3n) is 3.91. The van der Waals surface area contributed by atoms with Crippen molar-refractivity contribution in [1.29, 1.82) is 0 Å². The maximum atomic E-state index is 5.47. The number of hydrogen-bond donors (Lipinski definition) is 1. The Morgan fingerprint density at radius 1 is 1.33 bits per heavy atom. The van der Waals surface area contributed by atoms with Crippen LogP contribution in [0.3, 0.4) is 0 Å². The van der Waals surface area contributed by atoms with Gasteiger partial charge in [0.2, 0.25) is 0 Å². The molecular formula is C17H25N3O. The van der Waals surface area contributed by atoms with Crippen LogP contribution in [-0.4, -0.2) is 23.4 Å². The van der Waals surface area contributed by atoms with Gasteiger partial charge in [0.25, 0.3) is 0 Å². The fourth-order valence-corrected chi connectivity index (χ4v) is 2.56. The topological polar surface area (TPSA) is 39.1 Å². The van der Waals surface area contributed by atoms with Crippen LogP contribution in [0.5, 0.6) is 5.75 Å². The van der Waals surface area contributed by atoms with Crippen molar-refractivity contribution in [1.82, 2.24) is 15.1 Å².